The lowest BCUT2D eigenvalue weighted by Crippen LogP contribution is -2.48. The van der Waals surface area contributed by atoms with Crippen LogP contribution in [0.5, 0.6) is 0 Å². The Balaban J connectivity index is 2.40. The second-order valence-corrected chi connectivity index (χ2v) is 5.62. The number of hydrogen-bond acceptors (Lipinski definition) is 4. The van der Waals surface area contributed by atoms with Gasteiger partial charge in [-0.15, -0.1) is 0 Å². The average molecular weight is 286 g/mol. The molecule has 1 aliphatic heterocycles. The Bertz CT molecular complexity index is 336. The van der Waals surface area contributed by atoms with E-state index in [9.17, 15) is 9.59 Å². The standard InChI is InChI=1S/C13H26N4O3/c1-11(9-15(2)3)14-13(20)17-6-4-5-16(7-8-17)10-12(18)19/h11H,4-10H2,1-3H3,(H,14,20)(H,18,19). The van der Waals surface area contributed by atoms with Crippen molar-refractivity contribution in [3.8, 4) is 0 Å². The van der Waals surface area contributed by atoms with Crippen LogP contribution in [0, 0.1) is 0 Å². The van der Waals surface area contributed by atoms with Crippen molar-refractivity contribution in [3.05, 3.63) is 0 Å². The topological polar surface area (TPSA) is 76.1 Å². The van der Waals surface area contributed by atoms with E-state index in [1.165, 1.54) is 0 Å². The van der Waals surface area contributed by atoms with Gasteiger partial charge < -0.3 is 20.2 Å². The first-order valence-corrected chi connectivity index (χ1v) is 7.03. The van der Waals surface area contributed by atoms with Crippen LogP contribution in [0.25, 0.3) is 0 Å². The van der Waals surface area contributed by atoms with E-state index in [1.807, 2.05) is 30.8 Å². The van der Waals surface area contributed by atoms with Crippen LogP contribution in [0.1, 0.15) is 13.3 Å². The van der Waals surface area contributed by atoms with Gasteiger partial charge >= 0.3 is 12.0 Å². The van der Waals surface area contributed by atoms with Crippen molar-refractivity contribution in [2.75, 3.05) is 53.4 Å². The van der Waals surface area contributed by atoms with Crippen molar-refractivity contribution in [2.24, 2.45) is 0 Å². The van der Waals surface area contributed by atoms with E-state index in [2.05, 4.69) is 5.32 Å². The molecule has 2 amide bonds. The minimum absolute atomic E-state index is 0.0481. The molecule has 1 saturated heterocycles. The van der Waals surface area contributed by atoms with Gasteiger partial charge in [0.1, 0.15) is 0 Å². The number of carbonyl (C=O) groups is 2. The number of rotatable bonds is 5. The quantitative estimate of drug-likeness (QED) is 0.728. The van der Waals surface area contributed by atoms with Crippen molar-refractivity contribution < 1.29 is 14.7 Å². The number of carbonyl (C=O) groups excluding carboxylic acids is 1. The zero-order valence-electron chi connectivity index (χ0n) is 12.6. The zero-order chi connectivity index (χ0) is 15.1. The van der Waals surface area contributed by atoms with Crippen LogP contribution >= 0.6 is 0 Å². The molecule has 0 aliphatic carbocycles. The number of nitrogens with zero attached hydrogens (tertiary/aromatic N) is 3. The number of likely N-dealkylation sites (N-methyl/N-ethyl adjacent to an activating group) is 1. The maximum absolute atomic E-state index is 12.1. The second kappa shape index (κ2) is 8.06. The highest BCUT2D eigenvalue weighted by molar-refractivity contribution is 5.74. The Morgan fingerprint density at radius 1 is 1.25 bits per heavy atom. The number of carboxylic acids is 1. The van der Waals surface area contributed by atoms with Crippen molar-refractivity contribution in [3.63, 3.8) is 0 Å². The molecular formula is C13H26N4O3. The predicted molar refractivity (Wildman–Crippen MR) is 76.8 cm³/mol. The molecule has 0 radical (unpaired) electrons. The lowest BCUT2D eigenvalue weighted by atomic mass is 10.3. The van der Waals surface area contributed by atoms with Gasteiger partial charge in [-0.1, -0.05) is 0 Å². The molecule has 0 spiro atoms. The maximum Gasteiger partial charge on any atom is 0.317 e. The normalized spacial score (nSPS) is 18.7. The highest BCUT2D eigenvalue weighted by Gasteiger charge is 2.21. The monoisotopic (exact) mass is 286 g/mol. The van der Waals surface area contributed by atoms with E-state index in [0.717, 1.165) is 19.5 Å². The summed E-state index contributed by atoms with van der Waals surface area (Å²) >= 11 is 0. The highest BCUT2D eigenvalue weighted by atomic mass is 16.4. The Kier molecular flexibility index (Phi) is 6.74. The Hall–Kier alpha value is -1.34. The van der Waals surface area contributed by atoms with Crippen LogP contribution in [-0.2, 0) is 4.79 Å². The van der Waals surface area contributed by atoms with E-state index in [1.54, 1.807) is 4.90 Å². The summed E-state index contributed by atoms with van der Waals surface area (Å²) in [6, 6.07) is 0.0346. The molecule has 7 heteroatoms. The fourth-order valence-corrected chi connectivity index (χ4v) is 2.42. The van der Waals surface area contributed by atoms with Crippen molar-refractivity contribution in [1.29, 1.82) is 0 Å². The van der Waals surface area contributed by atoms with E-state index in [0.29, 0.717) is 19.6 Å². The van der Waals surface area contributed by atoms with Crippen molar-refractivity contribution in [1.82, 2.24) is 20.0 Å². The van der Waals surface area contributed by atoms with E-state index in [4.69, 9.17) is 5.11 Å². The molecule has 0 aromatic heterocycles. The van der Waals surface area contributed by atoms with Gasteiger partial charge in [-0.05, 0) is 27.4 Å². The molecule has 0 aromatic rings. The van der Waals surface area contributed by atoms with Crippen LogP contribution in [0.15, 0.2) is 0 Å². The number of hydrogen-bond donors (Lipinski definition) is 2. The number of nitrogens with one attached hydrogen (secondary N) is 1. The molecule has 0 bridgehead atoms. The predicted octanol–water partition coefficient (Wildman–Crippen LogP) is -0.262. The van der Waals surface area contributed by atoms with Crippen LogP contribution in [-0.4, -0.2) is 91.2 Å². The third kappa shape index (κ3) is 6.21. The van der Waals surface area contributed by atoms with E-state index >= 15 is 0 Å². The summed E-state index contributed by atoms with van der Waals surface area (Å²) < 4.78 is 0. The first-order chi connectivity index (χ1) is 9.38. The molecular weight excluding hydrogens is 260 g/mol. The summed E-state index contributed by atoms with van der Waals surface area (Å²) in [5.41, 5.74) is 0. The van der Waals surface area contributed by atoms with Crippen LogP contribution in [0.3, 0.4) is 0 Å². The van der Waals surface area contributed by atoms with Gasteiger partial charge in [0.2, 0.25) is 0 Å². The smallest absolute Gasteiger partial charge is 0.317 e. The summed E-state index contributed by atoms with van der Waals surface area (Å²) in [7, 11) is 3.94. The maximum atomic E-state index is 12.1. The summed E-state index contributed by atoms with van der Waals surface area (Å²) in [5.74, 6) is -0.817. The Morgan fingerprint density at radius 3 is 2.55 bits per heavy atom. The fraction of sp³-hybridized carbons (Fsp3) is 0.846. The third-order valence-electron chi connectivity index (χ3n) is 3.24. The molecule has 116 valence electrons. The average Bonchev–Trinajstić information content (AvgIpc) is 2.52. The minimum atomic E-state index is -0.817. The molecule has 1 heterocycles. The Labute approximate surface area is 120 Å². The SMILES string of the molecule is CC(CN(C)C)NC(=O)N1CCCN(CC(=O)O)CC1. The summed E-state index contributed by atoms with van der Waals surface area (Å²) in [6.45, 7) is 5.42. The first-order valence-electron chi connectivity index (χ1n) is 7.03. The molecule has 1 unspecified atom stereocenters. The summed E-state index contributed by atoms with van der Waals surface area (Å²) in [6.07, 6.45) is 0.808. The zero-order valence-corrected chi connectivity index (χ0v) is 12.6. The van der Waals surface area contributed by atoms with Crippen LogP contribution < -0.4 is 5.32 Å². The number of aliphatic carboxylic acids is 1. The van der Waals surface area contributed by atoms with Crippen molar-refractivity contribution >= 4 is 12.0 Å². The van der Waals surface area contributed by atoms with Gasteiger partial charge in [0.25, 0.3) is 0 Å². The molecule has 0 aromatic carbocycles. The summed E-state index contributed by atoms with van der Waals surface area (Å²) in [5, 5.41) is 11.8. The molecule has 0 saturated carbocycles. The largest absolute Gasteiger partial charge is 0.480 e. The molecule has 20 heavy (non-hydrogen) atoms. The first kappa shape index (κ1) is 16.7. The molecule has 1 atom stereocenters. The minimum Gasteiger partial charge on any atom is -0.480 e. The highest BCUT2D eigenvalue weighted by Crippen LogP contribution is 2.03. The van der Waals surface area contributed by atoms with Gasteiger partial charge in [-0.3, -0.25) is 9.69 Å². The van der Waals surface area contributed by atoms with Crippen LogP contribution in [0.2, 0.25) is 0 Å². The molecule has 1 aliphatic rings. The molecule has 7 nitrogen and oxygen atoms in total. The lowest BCUT2D eigenvalue weighted by Gasteiger charge is -2.25. The molecule has 2 N–H and O–H groups in total. The van der Waals surface area contributed by atoms with Crippen molar-refractivity contribution in [2.45, 2.75) is 19.4 Å². The molecule has 1 fully saturated rings. The number of carboxylic acid groups (broad SMARTS) is 1. The fourth-order valence-electron chi connectivity index (χ4n) is 2.42. The number of amides is 2. The van der Waals surface area contributed by atoms with Gasteiger partial charge in [0, 0.05) is 38.8 Å². The van der Waals surface area contributed by atoms with E-state index < -0.39 is 5.97 Å². The van der Waals surface area contributed by atoms with E-state index in [-0.39, 0.29) is 18.6 Å². The molecule has 1 rings (SSSR count). The summed E-state index contributed by atoms with van der Waals surface area (Å²) in [4.78, 5) is 28.5. The van der Waals surface area contributed by atoms with Gasteiger partial charge in [0.05, 0.1) is 6.54 Å². The van der Waals surface area contributed by atoms with Gasteiger partial charge in [-0.2, -0.15) is 0 Å². The van der Waals surface area contributed by atoms with Gasteiger partial charge in [0.15, 0.2) is 0 Å². The van der Waals surface area contributed by atoms with Crippen LogP contribution in [0.4, 0.5) is 4.79 Å². The lowest BCUT2D eigenvalue weighted by molar-refractivity contribution is -0.138. The Morgan fingerprint density at radius 2 is 1.95 bits per heavy atom. The third-order valence-corrected chi connectivity index (χ3v) is 3.24. The van der Waals surface area contributed by atoms with Gasteiger partial charge in [-0.25, -0.2) is 4.79 Å². The number of urea groups is 1. The second-order valence-electron chi connectivity index (χ2n) is 5.62.